The van der Waals surface area contributed by atoms with E-state index < -0.39 is 10.0 Å². The minimum atomic E-state index is -3.75. The third-order valence-electron chi connectivity index (χ3n) is 3.18. The van der Waals surface area contributed by atoms with Crippen molar-refractivity contribution < 1.29 is 8.42 Å². The number of fused-ring (bicyclic) bond motifs is 1. The number of halogens is 1. The van der Waals surface area contributed by atoms with Gasteiger partial charge in [-0.1, -0.05) is 27.9 Å². The van der Waals surface area contributed by atoms with Gasteiger partial charge >= 0.3 is 0 Å². The summed E-state index contributed by atoms with van der Waals surface area (Å²) < 4.78 is 29.3. The highest BCUT2D eigenvalue weighted by Crippen LogP contribution is 2.30. The maximum Gasteiger partial charge on any atom is 0.238 e. The standard InChI is InChI=1S/C12H12ClN5O2S3/c1-2-18-10-4-3-7(23(14,19)20)5-8(10)15-12(18)21-6-9-11(13)22-17-16-9/h3-5H,2,6H2,1H3,(H2,14,19,20). The first kappa shape index (κ1) is 16.7. The summed E-state index contributed by atoms with van der Waals surface area (Å²) in [5.41, 5.74) is 2.15. The zero-order valence-electron chi connectivity index (χ0n) is 11.9. The quantitative estimate of drug-likeness (QED) is 0.672. The van der Waals surface area contributed by atoms with Crippen LogP contribution in [0.25, 0.3) is 11.0 Å². The van der Waals surface area contributed by atoms with Crippen LogP contribution in [-0.2, 0) is 22.3 Å². The molecule has 2 aromatic heterocycles. The van der Waals surface area contributed by atoms with Crippen LogP contribution in [0.5, 0.6) is 0 Å². The summed E-state index contributed by atoms with van der Waals surface area (Å²) in [5.74, 6) is 0.542. The molecule has 0 fully saturated rings. The first-order chi connectivity index (χ1) is 10.9. The van der Waals surface area contributed by atoms with Gasteiger partial charge in [0.25, 0.3) is 0 Å². The highest BCUT2D eigenvalue weighted by molar-refractivity contribution is 7.98. The number of hydrogen-bond acceptors (Lipinski definition) is 7. The maximum absolute atomic E-state index is 11.5. The van der Waals surface area contributed by atoms with E-state index >= 15 is 0 Å². The molecule has 11 heteroatoms. The predicted octanol–water partition coefficient (Wildman–Crippen LogP) is 2.50. The SMILES string of the molecule is CCn1c(SCc2nnsc2Cl)nc2cc(S(N)(=O)=O)ccc21. The molecule has 0 radical (unpaired) electrons. The fourth-order valence-electron chi connectivity index (χ4n) is 2.10. The second-order valence-electron chi connectivity index (χ2n) is 4.62. The van der Waals surface area contributed by atoms with Crippen molar-refractivity contribution in [3.05, 3.63) is 28.2 Å². The maximum atomic E-state index is 11.5. The van der Waals surface area contributed by atoms with E-state index in [2.05, 4.69) is 14.6 Å². The van der Waals surface area contributed by atoms with Gasteiger partial charge in [0.15, 0.2) is 5.16 Å². The largest absolute Gasteiger partial charge is 0.319 e. The molecule has 3 rings (SSSR count). The summed E-state index contributed by atoms with van der Waals surface area (Å²) >= 11 is 8.62. The van der Waals surface area contributed by atoms with Crippen molar-refractivity contribution in [3.63, 3.8) is 0 Å². The zero-order chi connectivity index (χ0) is 16.6. The highest BCUT2D eigenvalue weighted by Gasteiger charge is 2.15. The fraction of sp³-hybridized carbons (Fsp3) is 0.250. The lowest BCUT2D eigenvalue weighted by Crippen LogP contribution is -2.11. The Bertz CT molecular complexity index is 966. The highest BCUT2D eigenvalue weighted by atomic mass is 35.5. The minimum Gasteiger partial charge on any atom is -0.319 e. The second-order valence-corrected chi connectivity index (χ2v) is 8.48. The molecule has 0 saturated heterocycles. The summed E-state index contributed by atoms with van der Waals surface area (Å²) in [4.78, 5) is 4.55. The van der Waals surface area contributed by atoms with E-state index in [4.69, 9.17) is 16.7 Å². The Morgan fingerprint density at radius 2 is 2.22 bits per heavy atom. The number of hydrogen-bond donors (Lipinski definition) is 1. The number of primary sulfonamides is 1. The first-order valence-corrected chi connectivity index (χ1v) is 10.2. The van der Waals surface area contributed by atoms with Crippen LogP contribution in [0, 0.1) is 0 Å². The van der Waals surface area contributed by atoms with E-state index in [1.54, 1.807) is 6.07 Å². The van der Waals surface area contributed by atoms with Gasteiger partial charge in [-0.25, -0.2) is 18.5 Å². The number of nitrogens with zero attached hydrogens (tertiary/aromatic N) is 4. The van der Waals surface area contributed by atoms with Gasteiger partial charge in [-0.15, -0.1) is 5.10 Å². The fourth-order valence-corrected chi connectivity index (χ4v) is 4.44. The van der Waals surface area contributed by atoms with Crippen LogP contribution < -0.4 is 5.14 Å². The predicted molar refractivity (Wildman–Crippen MR) is 91.3 cm³/mol. The Labute approximate surface area is 146 Å². The molecule has 122 valence electrons. The number of sulfonamides is 1. The summed E-state index contributed by atoms with van der Waals surface area (Å²) in [6.07, 6.45) is 0. The van der Waals surface area contributed by atoms with E-state index in [-0.39, 0.29) is 4.90 Å². The van der Waals surface area contributed by atoms with Crippen LogP contribution in [0.15, 0.2) is 28.3 Å². The number of benzene rings is 1. The molecule has 0 amide bonds. The van der Waals surface area contributed by atoms with Crippen molar-refractivity contribution in [3.8, 4) is 0 Å². The number of rotatable bonds is 5. The molecule has 2 heterocycles. The van der Waals surface area contributed by atoms with E-state index in [0.717, 1.165) is 22.2 Å². The monoisotopic (exact) mass is 389 g/mol. The second kappa shape index (κ2) is 6.36. The third-order valence-corrected chi connectivity index (χ3v) is 6.06. The van der Waals surface area contributed by atoms with Crippen molar-refractivity contribution >= 4 is 56.0 Å². The molecule has 0 saturated carbocycles. The van der Waals surface area contributed by atoms with Crippen LogP contribution in [0.2, 0.25) is 4.34 Å². The van der Waals surface area contributed by atoms with E-state index in [1.807, 2.05) is 11.5 Å². The van der Waals surface area contributed by atoms with Gasteiger partial charge in [0, 0.05) is 23.8 Å². The van der Waals surface area contributed by atoms with Gasteiger partial charge in [0.05, 0.1) is 15.9 Å². The average molecular weight is 390 g/mol. The molecule has 0 spiro atoms. The summed E-state index contributed by atoms with van der Waals surface area (Å²) in [5, 5.41) is 9.90. The number of thioether (sulfide) groups is 1. The van der Waals surface area contributed by atoms with Gasteiger partial charge in [0.1, 0.15) is 10.0 Å². The van der Waals surface area contributed by atoms with Crippen LogP contribution in [0.4, 0.5) is 0 Å². The minimum absolute atomic E-state index is 0.0500. The van der Waals surface area contributed by atoms with Crippen LogP contribution in [0.3, 0.4) is 0 Å². The molecule has 0 aliphatic heterocycles. The van der Waals surface area contributed by atoms with Gasteiger partial charge in [-0.2, -0.15) is 0 Å². The first-order valence-electron chi connectivity index (χ1n) is 6.52. The lowest BCUT2D eigenvalue weighted by molar-refractivity contribution is 0.598. The molecule has 0 atom stereocenters. The smallest absolute Gasteiger partial charge is 0.238 e. The van der Waals surface area contributed by atoms with Crippen molar-refractivity contribution in [1.82, 2.24) is 19.1 Å². The van der Waals surface area contributed by atoms with Crippen LogP contribution in [-0.4, -0.2) is 27.6 Å². The van der Waals surface area contributed by atoms with E-state index in [1.165, 1.54) is 23.9 Å². The number of imidazole rings is 1. The van der Waals surface area contributed by atoms with Crippen LogP contribution in [0.1, 0.15) is 12.6 Å². The van der Waals surface area contributed by atoms with Gasteiger partial charge in [-0.3, -0.25) is 0 Å². The molecule has 1 aromatic carbocycles. The lowest BCUT2D eigenvalue weighted by atomic mass is 10.3. The van der Waals surface area contributed by atoms with Crippen LogP contribution >= 0.6 is 34.9 Å². The molecule has 7 nitrogen and oxygen atoms in total. The number of nitrogens with two attached hydrogens (primary N) is 1. The molecule has 0 aliphatic rings. The summed E-state index contributed by atoms with van der Waals surface area (Å²) in [7, 11) is -3.75. The Balaban J connectivity index is 1.98. The van der Waals surface area contributed by atoms with Crippen molar-refractivity contribution in [1.29, 1.82) is 0 Å². The topological polar surface area (TPSA) is 104 Å². The molecule has 2 N–H and O–H groups in total. The van der Waals surface area contributed by atoms with Gasteiger partial charge in [0.2, 0.25) is 10.0 Å². The van der Waals surface area contributed by atoms with E-state index in [9.17, 15) is 8.42 Å². The molecule has 0 unspecified atom stereocenters. The van der Waals surface area contributed by atoms with Crippen molar-refractivity contribution in [2.75, 3.05) is 0 Å². The Kier molecular flexibility index (Phi) is 4.61. The number of aryl methyl sites for hydroxylation is 1. The van der Waals surface area contributed by atoms with E-state index in [0.29, 0.717) is 27.8 Å². The van der Waals surface area contributed by atoms with Gasteiger partial charge in [-0.05, 0) is 25.1 Å². The summed E-state index contributed by atoms with van der Waals surface area (Å²) in [6, 6.07) is 4.69. The average Bonchev–Trinajstić information content (AvgIpc) is 3.06. The van der Waals surface area contributed by atoms with Crippen molar-refractivity contribution in [2.24, 2.45) is 5.14 Å². The zero-order valence-corrected chi connectivity index (χ0v) is 15.1. The molecule has 3 aromatic rings. The Morgan fingerprint density at radius 1 is 1.43 bits per heavy atom. The van der Waals surface area contributed by atoms with Gasteiger partial charge < -0.3 is 4.57 Å². The molecular formula is C12H12ClN5O2S3. The van der Waals surface area contributed by atoms with Crippen molar-refractivity contribution in [2.45, 2.75) is 29.3 Å². The molecular weight excluding hydrogens is 378 g/mol. The number of aromatic nitrogens is 4. The Morgan fingerprint density at radius 3 is 2.83 bits per heavy atom. The molecule has 23 heavy (non-hydrogen) atoms. The molecule has 0 bridgehead atoms. The summed E-state index contributed by atoms with van der Waals surface area (Å²) in [6.45, 7) is 2.70. The Hall–Kier alpha value is -1.20. The molecule has 0 aliphatic carbocycles. The normalized spacial score (nSPS) is 12.1. The lowest BCUT2D eigenvalue weighted by Gasteiger charge is -2.04. The third kappa shape index (κ3) is 3.36.